The van der Waals surface area contributed by atoms with E-state index in [-0.39, 0.29) is 11.7 Å². The van der Waals surface area contributed by atoms with E-state index in [0.717, 1.165) is 54.1 Å². The number of imidazole rings is 1. The van der Waals surface area contributed by atoms with Crippen LogP contribution in [0.5, 0.6) is 5.75 Å². The molecule has 0 saturated carbocycles. The normalized spacial score (nSPS) is 14.7. The summed E-state index contributed by atoms with van der Waals surface area (Å²) in [5.74, 6) is 1.02. The van der Waals surface area contributed by atoms with Crippen molar-refractivity contribution in [2.75, 3.05) is 25.0 Å². The minimum Gasteiger partial charge on any atom is -0.507 e. The van der Waals surface area contributed by atoms with E-state index >= 15 is 0 Å². The van der Waals surface area contributed by atoms with Gasteiger partial charge in [-0.15, -0.1) is 0 Å². The van der Waals surface area contributed by atoms with Crippen molar-refractivity contribution in [1.29, 1.82) is 0 Å². The molecule has 6 nitrogen and oxygen atoms in total. The number of piperidine rings is 1. The van der Waals surface area contributed by atoms with E-state index in [4.69, 9.17) is 0 Å². The summed E-state index contributed by atoms with van der Waals surface area (Å²) in [5.41, 5.74) is 3.77. The minimum absolute atomic E-state index is 0.00110. The summed E-state index contributed by atoms with van der Waals surface area (Å²) in [7, 11) is 0. The number of hydrogen-bond donors (Lipinski definition) is 2. The monoisotopic (exact) mass is 452 g/mol. The number of benzene rings is 3. The number of carbonyl (C=O) groups is 1. The number of anilines is 1. The zero-order chi connectivity index (χ0) is 23.3. The second kappa shape index (κ2) is 9.93. The number of amides is 1. The Balaban J connectivity index is 1.18. The van der Waals surface area contributed by atoms with E-state index in [9.17, 15) is 9.90 Å². The van der Waals surface area contributed by atoms with Gasteiger partial charge in [-0.3, -0.25) is 9.69 Å². The van der Waals surface area contributed by atoms with Gasteiger partial charge in [0.25, 0.3) is 0 Å². The molecular weight excluding hydrogens is 424 g/mol. The third-order valence-corrected chi connectivity index (χ3v) is 6.38. The third kappa shape index (κ3) is 4.87. The Kier molecular flexibility index (Phi) is 6.40. The van der Waals surface area contributed by atoms with Gasteiger partial charge in [0.2, 0.25) is 5.91 Å². The summed E-state index contributed by atoms with van der Waals surface area (Å²) in [5, 5.41) is 13.3. The van der Waals surface area contributed by atoms with Gasteiger partial charge in [-0.05, 0) is 48.2 Å². The maximum atomic E-state index is 12.7. The first-order valence-electron chi connectivity index (χ1n) is 11.7. The topological polar surface area (TPSA) is 70.4 Å². The van der Waals surface area contributed by atoms with Crippen LogP contribution in [-0.4, -0.2) is 45.1 Å². The van der Waals surface area contributed by atoms with Gasteiger partial charge in [-0.25, -0.2) is 4.98 Å². The van der Waals surface area contributed by atoms with Crippen LogP contribution in [0.1, 0.15) is 18.9 Å². The highest BCUT2D eigenvalue weighted by molar-refractivity contribution is 5.93. The van der Waals surface area contributed by atoms with Crippen molar-refractivity contribution in [2.45, 2.75) is 18.9 Å². The quantitative estimate of drug-likeness (QED) is 0.422. The number of para-hydroxylation sites is 1. The first-order valence-corrected chi connectivity index (χ1v) is 11.7. The molecule has 0 unspecified atom stereocenters. The Bertz CT molecular complexity index is 1260. The molecule has 0 spiro atoms. The van der Waals surface area contributed by atoms with Crippen LogP contribution in [0.2, 0.25) is 0 Å². The number of aromatic nitrogens is 2. The lowest BCUT2D eigenvalue weighted by atomic mass is 10.0. The van der Waals surface area contributed by atoms with Crippen LogP contribution in [-0.2, 0) is 4.79 Å². The fourth-order valence-electron chi connectivity index (χ4n) is 4.65. The number of rotatable bonds is 6. The number of phenols is 1. The fourth-order valence-corrected chi connectivity index (χ4v) is 4.65. The molecular formula is C28H28N4O2. The molecule has 0 radical (unpaired) electrons. The predicted molar refractivity (Wildman–Crippen MR) is 135 cm³/mol. The van der Waals surface area contributed by atoms with E-state index in [0.29, 0.717) is 12.6 Å². The molecule has 3 aromatic carbocycles. The Morgan fingerprint density at radius 3 is 2.47 bits per heavy atom. The number of likely N-dealkylation sites (tertiary alicyclic amines) is 1. The molecule has 5 rings (SSSR count). The van der Waals surface area contributed by atoms with Gasteiger partial charge in [0.15, 0.2) is 0 Å². The Labute approximate surface area is 199 Å². The molecule has 2 heterocycles. The number of aromatic hydroxyl groups is 1. The molecule has 0 bridgehead atoms. The second-order valence-electron chi connectivity index (χ2n) is 8.68. The summed E-state index contributed by atoms with van der Waals surface area (Å²) in [6.45, 7) is 2.04. The van der Waals surface area contributed by atoms with Crippen molar-refractivity contribution < 1.29 is 9.90 Å². The summed E-state index contributed by atoms with van der Waals surface area (Å²) in [6.07, 6.45) is 5.61. The first-order chi connectivity index (χ1) is 16.7. The van der Waals surface area contributed by atoms with Crippen LogP contribution in [0.3, 0.4) is 0 Å². The van der Waals surface area contributed by atoms with Gasteiger partial charge in [-0.1, -0.05) is 54.6 Å². The summed E-state index contributed by atoms with van der Waals surface area (Å²) >= 11 is 0. The van der Waals surface area contributed by atoms with Crippen molar-refractivity contribution >= 4 is 11.6 Å². The molecule has 1 aromatic heterocycles. The lowest BCUT2D eigenvalue weighted by Gasteiger charge is -2.32. The van der Waals surface area contributed by atoms with Gasteiger partial charge >= 0.3 is 0 Å². The van der Waals surface area contributed by atoms with Crippen molar-refractivity contribution in [1.82, 2.24) is 14.5 Å². The lowest BCUT2D eigenvalue weighted by molar-refractivity contribution is -0.117. The number of phenolic OH excluding ortho intramolecular Hbond substituents is 1. The maximum absolute atomic E-state index is 12.7. The zero-order valence-electron chi connectivity index (χ0n) is 19.0. The number of nitrogens with one attached hydrogen (secondary N) is 1. The fraction of sp³-hybridized carbons (Fsp3) is 0.214. The molecule has 1 aliphatic rings. The average molecular weight is 453 g/mol. The molecule has 0 aliphatic carbocycles. The van der Waals surface area contributed by atoms with Crippen molar-refractivity contribution in [3.05, 3.63) is 91.3 Å². The molecule has 1 aliphatic heterocycles. The Morgan fingerprint density at radius 1 is 0.941 bits per heavy atom. The van der Waals surface area contributed by atoms with E-state index in [2.05, 4.69) is 38.0 Å². The Hall–Kier alpha value is -3.90. The molecule has 1 amide bonds. The molecule has 2 N–H and O–H groups in total. The summed E-state index contributed by atoms with van der Waals surface area (Å²) in [4.78, 5) is 19.4. The van der Waals surface area contributed by atoms with Gasteiger partial charge in [0.05, 0.1) is 12.1 Å². The van der Waals surface area contributed by atoms with Crippen LogP contribution in [0.15, 0.2) is 91.3 Å². The van der Waals surface area contributed by atoms with Gasteiger partial charge in [-0.2, -0.15) is 0 Å². The maximum Gasteiger partial charge on any atom is 0.238 e. The molecule has 1 saturated heterocycles. The van der Waals surface area contributed by atoms with Crippen LogP contribution in [0.4, 0.5) is 5.69 Å². The molecule has 1 fully saturated rings. The molecule has 4 aromatic rings. The lowest BCUT2D eigenvalue weighted by Crippen LogP contribution is -2.39. The number of hydrogen-bond acceptors (Lipinski definition) is 4. The van der Waals surface area contributed by atoms with Crippen LogP contribution < -0.4 is 5.32 Å². The molecule has 6 heteroatoms. The highest BCUT2D eigenvalue weighted by Gasteiger charge is 2.24. The van der Waals surface area contributed by atoms with Crippen molar-refractivity contribution in [2.24, 2.45) is 0 Å². The highest BCUT2D eigenvalue weighted by atomic mass is 16.3. The van der Waals surface area contributed by atoms with E-state index in [1.54, 1.807) is 12.3 Å². The minimum atomic E-state index is 0.00110. The molecule has 0 atom stereocenters. The second-order valence-corrected chi connectivity index (χ2v) is 8.68. The zero-order valence-corrected chi connectivity index (χ0v) is 19.0. The highest BCUT2D eigenvalue weighted by Crippen LogP contribution is 2.32. The standard InChI is InChI=1S/C28H28N4O2/c33-26-12-5-4-11-25(26)28-29-15-18-32(28)24-13-16-31(17-14-24)20-27(34)30-23-10-6-9-22(19-23)21-7-2-1-3-8-21/h1-12,15,18-19,24,33H,13-14,16-17,20H2,(H,30,34). The predicted octanol–water partition coefficient (Wildman–Crippen LogP) is 5.20. The van der Waals surface area contributed by atoms with Gasteiger partial charge in [0.1, 0.15) is 11.6 Å². The van der Waals surface area contributed by atoms with Crippen molar-refractivity contribution in [3.8, 4) is 28.3 Å². The van der Waals surface area contributed by atoms with Crippen LogP contribution >= 0.6 is 0 Å². The first kappa shape index (κ1) is 21.9. The Morgan fingerprint density at radius 2 is 1.68 bits per heavy atom. The number of nitrogens with zero attached hydrogens (tertiary/aromatic N) is 3. The van der Waals surface area contributed by atoms with Crippen LogP contribution in [0, 0.1) is 0 Å². The van der Waals surface area contributed by atoms with E-state index in [1.807, 2.05) is 60.8 Å². The molecule has 172 valence electrons. The van der Waals surface area contributed by atoms with Crippen LogP contribution in [0.25, 0.3) is 22.5 Å². The molecule has 34 heavy (non-hydrogen) atoms. The summed E-state index contributed by atoms with van der Waals surface area (Å²) < 4.78 is 2.15. The number of carbonyl (C=O) groups excluding carboxylic acids is 1. The van der Waals surface area contributed by atoms with Gasteiger partial charge in [0, 0.05) is 37.2 Å². The van der Waals surface area contributed by atoms with E-state index in [1.165, 1.54) is 0 Å². The van der Waals surface area contributed by atoms with Gasteiger partial charge < -0.3 is 15.0 Å². The largest absolute Gasteiger partial charge is 0.507 e. The van der Waals surface area contributed by atoms with E-state index < -0.39 is 0 Å². The summed E-state index contributed by atoms with van der Waals surface area (Å²) in [6, 6.07) is 25.7. The SMILES string of the molecule is O=C(CN1CCC(n2ccnc2-c2ccccc2O)CC1)Nc1cccc(-c2ccccc2)c1. The smallest absolute Gasteiger partial charge is 0.238 e. The van der Waals surface area contributed by atoms with Crippen molar-refractivity contribution in [3.63, 3.8) is 0 Å². The third-order valence-electron chi connectivity index (χ3n) is 6.38. The average Bonchev–Trinajstić information content (AvgIpc) is 3.35.